The summed E-state index contributed by atoms with van der Waals surface area (Å²) in [5.41, 5.74) is 7.98. The van der Waals surface area contributed by atoms with Gasteiger partial charge in [-0.25, -0.2) is 20.0 Å². The standard InChI is InChI=1S/C46H55F3N6O8/c1-28(59-7)39-31(15-11-19-50-39)40-33(23-45(5,6)27-62-41(56)34-16-12-20-51-54-34)32-21-30(17-18-37(32)55(40)26-46(47,48)49)36-25-60-38(52-36)22-35(42(57)63-44(2,3)4)53-43(58)61-24-29-13-9-8-10-14-29/h8-11,13-15,17-19,21,25,28,34-35,51,54H,12,16,20,22-24,26-27H2,1-7H3,(H,53,58)/t28-,34-,35-/m0/s1. The van der Waals surface area contributed by atoms with Crippen molar-refractivity contribution in [3.05, 3.63) is 95.8 Å². The Bertz CT molecular complexity index is 2370. The molecule has 14 nitrogen and oxygen atoms in total. The summed E-state index contributed by atoms with van der Waals surface area (Å²) in [4.78, 5) is 48.5. The molecular weight excluding hydrogens is 822 g/mol. The quantitative estimate of drug-likeness (QED) is 0.0644. The Balaban J connectivity index is 1.38. The number of methoxy groups -OCH3 is 1. The molecule has 0 unspecified atom stereocenters. The Kier molecular flexibility index (Phi) is 14.6. The number of pyridine rings is 1. The van der Waals surface area contributed by atoms with Crippen LogP contribution in [0.2, 0.25) is 0 Å². The predicted molar refractivity (Wildman–Crippen MR) is 228 cm³/mol. The second kappa shape index (κ2) is 19.7. The first-order chi connectivity index (χ1) is 29.8. The molecule has 1 amide bonds. The van der Waals surface area contributed by atoms with Gasteiger partial charge in [0, 0.05) is 47.3 Å². The number of nitrogens with one attached hydrogen (secondary N) is 3. The maximum Gasteiger partial charge on any atom is 0.408 e. The molecule has 1 saturated heterocycles. The molecule has 338 valence electrons. The maximum atomic E-state index is 14.6. The first kappa shape index (κ1) is 46.7. The first-order valence-corrected chi connectivity index (χ1v) is 20.8. The van der Waals surface area contributed by atoms with E-state index in [1.807, 2.05) is 32.0 Å². The molecule has 0 saturated carbocycles. The number of esters is 2. The predicted octanol–water partition coefficient (Wildman–Crippen LogP) is 8.18. The van der Waals surface area contributed by atoms with Gasteiger partial charge in [-0.2, -0.15) is 13.2 Å². The largest absolute Gasteiger partial charge is 0.464 e. The summed E-state index contributed by atoms with van der Waals surface area (Å²) in [7, 11) is 1.51. The Morgan fingerprint density at radius 2 is 1.78 bits per heavy atom. The zero-order chi connectivity index (χ0) is 45.5. The smallest absolute Gasteiger partial charge is 0.408 e. The number of alkyl halides is 3. The van der Waals surface area contributed by atoms with Crippen molar-refractivity contribution in [3.8, 4) is 22.5 Å². The van der Waals surface area contributed by atoms with Crippen LogP contribution in [0.3, 0.4) is 0 Å². The molecule has 3 aromatic heterocycles. The molecule has 3 atom stereocenters. The average Bonchev–Trinajstić information content (AvgIpc) is 3.82. The number of ether oxygens (including phenoxy) is 4. The van der Waals surface area contributed by atoms with Gasteiger partial charge in [0.15, 0.2) is 5.89 Å². The normalized spacial score (nSPS) is 15.7. The van der Waals surface area contributed by atoms with E-state index in [1.54, 1.807) is 76.4 Å². The average molecular weight is 877 g/mol. The van der Waals surface area contributed by atoms with Crippen molar-refractivity contribution in [2.45, 2.75) is 110 Å². The number of benzene rings is 2. The maximum absolute atomic E-state index is 14.6. The second-order valence-electron chi connectivity index (χ2n) is 17.4. The van der Waals surface area contributed by atoms with E-state index < -0.39 is 60.0 Å². The monoisotopic (exact) mass is 876 g/mol. The molecule has 0 bridgehead atoms. The summed E-state index contributed by atoms with van der Waals surface area (Å²) < 4.78 is 73.3. The van der Waals surface area contributed by atoms with E-state index in [9.17, 15) is 27.6 Å². The number of oxazole rings is 1. The van der Waals surface area contributed by atoms with Gasteiger partial charge in [-0.3, -0.25) is 15.2 Å². The Hall–Kier alpha value is -5.78. The molecule has 2 aromatic carbocycles. The van der Waals surface area contributed by atoms with Gasteiger partial charge < -0.3 is 33.2 Å². The molecule has 1 aliphatic heterocycles. The summed E-state index contributed by atoms with van der Waals surface area (Å²) in [6, 6.07) is 15.7. The Morgan fingerprint density at radius 1 is 1.02 bits per heavy atom. The number of hydrazine groups is 1. The molecular formula is C46H55F3N6O8. The van der Waals surface area contributed by atoms with Crippen molar-refractivity contribution < 1.29 is 50.9 Å². The summed E-state index contributed by atoms with van der Waals surface area (Å²) >= 11 is 0. The number of carbonyl (C=O) groups excluding carboxylic acids is 3. The highest BCUT2D eigenvalue weighted by molar-refractivity contribution is 5.95. The van der Waals surface area contributed by atoms with Gasteiger partial charge in [0.25, 0.3) is 0 Å². The van der Waals surface area contributed by atoms with Gasteiger partial charge in [-0.05, 0) is 82.3 Å². The zero-order valence-corrected chi connectivity index (χ0v) is 36.6. The summed E-state index contributed by atoms with van der Waals surface area (Å²) in [5, 5.41) is 3.08. The SMILES string of the molecule is CO[C@@H](C)c1ncccc1-c1c(CC(C)(C)COC(=O)[C@@H]2CCCNN2)c2cc(-c3coc(C[C@H](NC(=O)OCc4ccccc4)C(=O)OC(C)(C)C)n3)ccc2n1CC(F)(F)F. The topological polar surface area (TPSA) is 168 Å². The summed E-state index contributed by atoms with van der Waals surface area (Å²) in [6.45, 7) is 10.0. The molecule has 1 fully saturated rings. The van der Waals surface area contributed by atoms with Crippen LogP contribution in [-0.2, 0) is 54.5 Å². The molecule has 0 radical (unpaired) electrons. The molecule has 0 aliphatic carbocycles. The lowest BCUT2D eigenvalue weighted by molar-refractivity contribution is -0.157. The van der Waals surface area contributed by atoms with Crippen LogP contribution in [0.4, 0.5) is 18.0 Å². The highest BCUT2D eigenvalue weighted by atomic mass is 19.4. The van der Waals surface area contributed by atoms with Gasteiger partial charge in [-0.15, -0.1) is 0 Å². The number of rotatable bonds is 16. The summed E-state index contributed by atoms with van der Waals surface area (Å²) in [6.07, 6.45) is -1.68. The van der Waals surface area contributed by atoms with Gasteiger partial charge >= 0.3 is 24.2 Å². The molecule has 6 rings (SSSR count). The number of halogens is 3. The van der Waals surface area contributed by atoms with Crippen LogP contribution in [0, 0.1) is 5.41 Å². The lowest BCUT2D eigenvalue weighted by atomic mass is 9.84. The number of aromatic nitrogens is 3. The number of nitrogens with zero attached hydrogens (tertiary/aromatic N) is 3. The number of hydrogen-bond donors (Lipinski definition) is 3. The van der Waals surface area contributed by atoms with Gasteiger partial charge in [0.1, 0.15) is 42.8 Å². The van der Waals surface area contributed by atoms with Crippen LogP contribution < -0.4 is 16.2 Å². The van der Waals surface area contributed by atoms with Gasteiger partial charge in [0.2, 0.25) is 0 Å². The number of amides is 1. The molecule has 1 aliphatic rings. The van der Waals surface area contributed by atoms with Crippen LogP contribution in [0.25, 0.3) is 33.4 Å². The minimum absolute atomic E-state index is 0.0112. The van der Waals surface area contributed by atoms with Crippen LogP contribution in [0.5, 0.6) is 0 Å². The first-order valence-electron chi connectivity index (χ1n) is 20.8. The van der Waals surface area contributed by atoms with Crippen molar-refractivity contribution in [2.75, 3.05) is 20.3 Å². The fraction of sp³-hybridized carbons (Fsp3) is 0.457. The fourth-order valence-corrected chi connectivity index (χ4v) is 7.39. The van der Waals surface area contributed by atoms with Crippen molar-refractivity contribution in [3.63, 3.8) is 0 Å². The number of fused-ring (bicyclic) bond motifs is 1. The zero-order valence-electron chi connectivity index (χ0n) is 36.6. The van der Waals surface area contributed by atoms with E-state index in [2.05, 4.69) is 26.1 Å². The molecule has 17 heteroatoms. The van der Waals surface area contributed by atoms with Crippen molar-refractivity contribution in [2.24, 2.45) is 5.41 Å². The third kappa shape index (κ3) is 12.4. The third-order valence-corrected chi connectivity index (χ3v) is 10.4. The molecule has 4 heterocycles. The lowest BCUT2D eigenvalue weighted by Crippen LogP contribution is -2.50. The van der Waals surface area contributed by atoms with Crippen molar-refractivity contribution in [1.82, 2.24) is 30.7 Å². The van der Waals surface area contributed by atoms with E-state index in [1.165, 1.54) is 17.9 Å². The lowest BCUT2D eigenvalue weighted by Gasteiger charge is -2.28. The number of alkyl carbamates (subject to hydrolysis) is 1. The molecule has 0 spiro atoms. The third-order valence-electron chi connectivity index (χ3n) is 10.4. The second-order valence-corrected chi connectivity index (χ2v) is 17.4. The highest BCUT2D eigenvalue weighted by Gasteiger charge is 2.36. The van der Waals surface area contributed by atoms with Crippen molar-refractivity contribution in [1.29, 1.82) is 0 Å². The highest BCUT2D eigenvalue weighted by Crippen LogP contribution is 2.43. The molecule has 5 aromatic rings. The Morgan fingerprint density at radius 3 is 2.46 bits per heavy atom. The van der Waals surface area contributed by atoms with E-state index in [0.29, 0.717) is 51.1 Å². The van der Waals surface area contributed by atoms with E-state index in [0.717, 1.165) is 18.5 Å². The van der Waals surface area contributed by atoms with E-state index in [-0.39, 0.29) is 31.9 Å². The van der Waals surface area contributed by atoms with Crippen LogP contribution in [0.15, 0.2) is 77.5 Å². The minimum Gasteiger partial charge on any atom is -0.464 e. The van der Waals surface area contributed by atoms with Crippen LogP contribution in [-0.4, -0.2) is 76.7 Å². The number of carbonyl (C=O) groups is 3. The minimum atomic E-state index is -4.61. The van der Waals surface area contributed by atoms with E-state index >= 15 is 0 Å². The summed E-state index contributed by atoms with van der Waals surface area (Å²) in [5.74, 6) is -1.07. The number of hydrogen-bond acceptors (Lipinski definition) is 12. The van der Waals surface area contributed by atoms with Gasteiger partial charge in [-0.1, -0.05) is 50.2 Å². The molecule has 3 N–H and O–H groups in total. The van der Waals surface area contributed by atoms with E-state index in [4.69, 9.17) is 23.4 Å². The van der Waals surface area contributed by atoms with Crippen LogP contribution in [0.1, 0.15) is 83.2 Å². The van der Waals surface area contributed by atoms with Gasteiger partial charge in [0.05, 0.1) is 30.5 Å². The molecule has 63 heavy (non-hydrogen) atoms. The Labute approximate surface area is 364 Å². The van der Waals surface area contributed by atoms with Crippen molar-refractivity contribution >= 4 is 28.9 Å². The fourth-order valence-electron chi connectivity index (χ4n) is 7.39. The van der Waals surface area contributed by atoms with Crippen LogP contribution >= 0.6 is 0 Å².